The minimum Gasteiger partial charge on any atom is -0.507 e. The van der Waals surface area contributed by atoms with Crippen LogP contribution in [0, 0.1) is 6.92 Å². The molecule has 0 radical (unpaired) electrons. The first kappa shape index (κ1) is 14.8. The summed E-state index contributed by atoms with van der Waals surface area (Å²) in [6.45, 7) is 2.02. The molecule has 23 heavy (non-hydrogen) atoms. The normalized spacial score (nSPS) is 10.1. The quantitative estimate of drug-likeness (QED) is 0.550. The number of nitrogens with one attached hydrogen (secondary N) is 1. The Hall–Kier alpha value is -3.14. The predicted molar refractivity (Wildman–Crippen MR) is 92.2 cm³/mol. The van der Waals surface area contributed by atoms with Gasteiger partial charge in [0.2, 0.25) is 0 Å². The number of rotatable bonds is 1. The van der Waals surface area contributed by atoms with Crippen molar-refractivity contribution in [3.8, 4) is 16.9 Å². The highest BCUT2D eigenvalue weighted by Crippen LogP contribution is 2.29. The number of para-hydroxylation sites is 2. The van der Waals surface area contributed by atoms with Gasteiger partial charge in [0.05, 0.1) is 0 Å². The third-order valence-corrected chi connectivity index (χ3v) is 3.46. The average molecular weight is 303 g/mol. The molecular formula is C19H17N3O. The molecule has 4 rings (SSSR count). The summed E-state index contributed by atoms with van der Waals surface area (Å²) in [5.74, 6) is 0.335. The van der Waals surface area contributed by atoms with E-state index in [0.717, 1.165) is 27.7 Å². The van der Waals surface area contributed by atoms with Crippen molar-refractivity contribution in [2.45, 2.75) is 6.92 Å². The molecule has 4 nitrogen and oxygen atoms in total. The second-order valence-corrected chi connectivity index (χ2v) is 5.20. The predicted octanol–water partition coefficient (Wildman–Crippen LogP) is 4.33. The number of fused-ring (bicyclic) bond motifs is 1. The monoisotopic (exact) mass is 303 g/mol. The Morgan fingerprint density at radius 3 is 2.04 bits per heavy atom. The highest BCUT2D eigenvalue weighted by atomic mass is 16.3. The lowest BCUT2D eigenvalue weighted by Gasteiger charge is -2.05. The molecule has 0 aliphatic heterocycles. The van der Waals surface area contributed by atoms with E-state index in [-0.39, 0.29) is 0 Å². The maximum Gasteiger partial charge on any atom is 0.123 e. The van der Waals surface area contributed by atoms with E-state index in [9.17, 15) is 5.11 Å². The molecular weight excluding hydrogens is 286 g/mol. The van der Waals surface area contributed by atoms with Gasteiger partial charge in [-0.1, -0.05) is 54.1 Å². The SMILES string of the molecule is Cc1ccc(O)c(-c2ccccc2)c1.c1ccc2n[nH]nc2c1. The number of nitrogens with zero attached hydrogens (tertiary/aromatic N) is 2. The zero-order chi connectivity index (χ0) is 16.1. The molecule has 114 valence electrons. The topological polar surface area (TPSA) is 61.8 Å². The Bertz CT molecular complexity index is 871. The smallest absolute Gasteiger partial charge is 0.123 e. The summed E-state index contributed by atoms with van der Waals surface area (Å²) >= 11 is 0. The minimum atomic E-state index is 0.335. The van der Waals surface area contributed by atoms with Crippen molar-refractivity contribution in [2.24, 2.45) is 0 Å². The van der Waals surface area contributed by atoms with Gasteiger partial charge in [0.25, 0.3) is 0 Å². The lowest BCUT2D eigenvalue weighted by molar-refractivity contribution is 0.477. The molecule has 0 fully saturated rings. The van der Waals surface area contributed by atoms with Crippen LogP contribution in [-0.4, -0.2) is 20.5 Å². The number of hydrogen-bond acceptors (Lipinski definition) is 3. The molecule has 0 saturated carbocycles. The van der Waals surface area contributed by atoms with E-state index in [1.807, 2.05) is 73.7 Å². The van der Waals surface area contributed by atoms with Gasteiger partial charge in [0, 0.05) is 5.56 Å². The highest BCUT2D eigenvalue weighted by Gasteiger charge is 2.02. The summed E-state index contributed by atoms with van der Waals surface area (Å²) in [4.78, 5) is 0. The van der Waals surface area contributed by atoms with Crippen LogP contribution in [0.1, 0.15) is 5.56 Å². The number of phenolic OH excluding ortho intramolecular Hbond substituents is 1. The van der Waals surface area contributed by atoms with E-state index in [4.69, 9.17) is 0 Å². The van der Waals surface area contributed by atoms with Crippen molar-refractivity contribution in [3.63, 3.8) is 0 Å². The van der Waals surface area contributed by atoms with Crippen LogP contribution in [0.5, 0.6) is 5.75 Å². The third kappa shape index (κ3) is 3.55. The third-order valence-electron chi connectivity index (χ3n) is 3.46. The average Bonchev–Trinajstić information content (AvgIpc) is 3.07. The van der Waals surface area contributed by atoms with E-state index in [2.05, 4.69) is 15.4 Å². The molecule has 1 aromatic heterocycles. The number of aryl methyl sites for hydroxylation is 1. The Kier molecular flexibility index (Phi) is 4.34. The Labute approximate surface area is 134 Å². The van der Waals surface area contributed by atoms with Gasteiger partial charge in [0.1, 0.15) is 16.8 Å². The van der Waals surface area contributed by atoms with E-state index in [1.165, 1.54) is 0 Å². The molecule has 4 aromatic rings. The van der Waals surface area contributed by atoms with Crippen molar-refractivity contribution in [1.82, 2.24) is 15.4 Å². The second-order valence-electron chi connectivity index (χ2n) is 5.20. The van der Waals surface area contributed by atoms with Crippen LogP contribution in [0.15, 0.2) is 72.8 Å². The number of hydrogen-bond donors (Lipinski definition) is 2. The zero-order valence-electron chi connectivity index (χ0n) is 12.8. The maximum atomic E-state index is 9.69. The number of benzene rings is 3. The summed E-state index contributed by atoms with van der Waals surface area (Å²) in [5, 5.41) is 20.0. The van der Waals surface area contributed by atoms with Crippen LogP contribution >= 0.6 is 0 Å². The lowest BCUT2D eigenvalue weighted by atomic mass is 10.0. The molecule has 1 heterocycles. The Morgan fingerprint density at radius 2 is 1.39 bits per heavy atom. The fraction of sp³-hybridized carbons (Fsp3) is 0.0526. The molecule has 4 heteroatoms. The molecule has 0 spiro atoms. The van der Waals surface area contributed by atoms with E-state index in [0.29, 0.717) is 5.75 Å². The standard InChI is InChI=1S/C13H12O.C6H5N3/c1-10-7-8-13(14)12(9-10)11-5-3-2-4-6-11;1-2-4-6-5(3-1)7-9-8-6/h2-9,14H,1H3;1-4H,(H,7,8,9). The number of phenols is 1. The molecule has 0 aliphatic rings. The first-order valence-electron chi connectivity index (χ1n) is 7.34. The van der Waals surface area contributed by atoms with Crippen molar-refractivity contribution in [1.29, 1.82) is 0 Å². The van der Waals surface area contributed by atoms with Crippen molar-refractivity contribution in [2.75, 3.05) is 0 Å². The van der Waals surface area contributed by atoms with Crippen LogP contribution in [0.25, 0.3) is 22.2 Å². The van der Waals surface area contributed by atoms with Gasteiger partial charge in [-0.2, -0.15) is 15.4 Å². The first-order chi connectivity index (χ1) is 11.2. The van der Waals surface area contributed by atoms with Gasteiger partial charge < -0.3 is 5.11 Å². The van der Waals surface area contributed by atoms with E-state index >= 15 is 0 Å². The molecule has 2 N–H and O–H groups in total. The Morgan fingerprint density at radius 1 is 0.783 bits per heavy atom. The van der Waals surface area contributed by atoms with E-state index in [1.54, 1.807) is 6.07 Å². The maximum absolute atomic E-state index is 9.69. The van der Waals surface area contributed by atoms with Gasteiger partial charge >= 0.3 is 0 Å². The van der Waals surface area contributed by atoms with Gasteiger partial charge in [-0.15, -0.1) is 0 Å². The summed E-state index contributed by atoms with van der Waals surface area (Å²) in [7, 11) is 0. The van der Waals surface area contributed by atoms with Gasteiger partial charge in [-0.05, 0) is 36.8 Å². The fourth-order valence-corrected chi connectivity index (χ4v) is 2.28. The molecule has 3 aromatic carbocycles. The molecule has 0 unspecified atom stereocenters. The minimum absolute atomic E-state index is 0.335. The van der Waals surface area contributed by atoms with Crippen LogP contribution in [0.2, 0.25) is 0 Å². The van der Waals surface area contributed by atoms with Gasteiger partial charge in [-0.25, -0.2) is 0 Å². The Balaban J connectivity index is 0.000000149. The van der Waals surface area contributed by atoms with Crippen LogP contribution < -0.4 is 0 Å². The van der Waals surface area contributed by atoms with Gasteiger partial charge in [-0.3, -0.25) is 0 Å². The van der Waals surface area contributed by atoms with Crippen LogP contribution in [-0.2, 0) is 0 Å². The van der Waals surface area contributed by atoms with Gasteiger partial charge in [0.15, 0.2) is 0 Å². The summed E-state index contributed by atoms with van der Waals surface area (Å²) in [6.07, 6.45) is 0. The second kappa shape index (κ2) is 6.75. The first-order valence-corrected chi connectivity index (χ1v) is 7.34. The van der Waals surface area contributed by atoms with Crippen molar-refractivity contribution < 1.29 is 5.11 Å². The van der Waals surface area contributed by atoms with Crippen LogP contribution in [0.4, 0.5) is 0 Å². The lowest BCUT2D eigenvalue weighted by Crippen LogP contribution is -1.80. The summed E-state index contributed by atoms with van der Waals surface area (Å²) in [6, 6.07) is 23.2. The largest absolute Gasteiger partial charge is 0.507 e. The number of aromatic hydroxyl groups is 1. The van der Waals surface area contributed by atoms with E-state index < -0.39 is 0 Å². The number of H-pyrrole nitrogens is 1. The summed E-state index contributed by atoms with van der Waals surface area (Å²) in [5.41, 5.74) is 4.93. The van der Waals surface area contributed by atoms with Crippen LogP contribution in [0.3, 0.4) is 0 Å². The summed E-state index contributed by atoms with van der Waals surface area (Å²) < 4.78 is 0. The molecule has 0 bridgehead atoms. The molecule has 0 saturated heterocycles. The van der Waals surface area contributed by atoms with Crippen molar-refractivity contribution >= 4 is 11.0 Å². The zero-order valence-corrected chi connectivity index (χ0v) is 12.8. The molecule has 0 aliphatic carbocycles. The van der Waals surface area contributed by atoms with Crippen molar-refractivity contribution in [3.05, 3.63) is 78.4 Å². The molecule has 0 amide bonds. The highest BCUT2D eigenvalue weighted by molar-refractivity contribution is 5.72. The number of aromatic nitrogens is 3. The fourth-order valence-electron chi connectivity index (χ4n) is 2.28. The molecule has 0 atom stereocenters. The number of aromatic amines is 1.